The first-order valence-corrected chi connectivity index (χ1v) is 15.8. The zero-order valence-corrected chi connectivity index (χ0v) is 27.2. The number of hydrogen-bond donors (Lipinski definition) is 2. The summed E-state index contributed by atoms with van der Waals surface area (Å²) in [7, 11) is 0. The summed E-state index contributed by atoms with van der Waals surface area (Å²) in [4.78, 5) is 20.0. The number of carboxylic acid groups (broad SMARTS) is 1. The molecule has 3 aromatic rings. The SMILES string of the molecule is Cc1nc(NC2CC2)c(-c2ccc(OCCc3ccc(F)cc3)c(F)c2)c(N2CCC(C)(C)CC2)c1C(OC(C)(C)C)C(=O)O. The van der Waals surface area contributed by atoms with Crippen molar-refractivity contribution >= 4 is 17.5 Å². The molecule has 2 aliphatic rings. The zero-order valence-electron chi connectivity index (χ0n) is 27.2. The van der Waals surface area contributed by atoms with Gasteiger partial charge in [0.25, 0.3) is 0 Å². The minimum atomic E-state index is -1.27. The number of aliphatic carboxylic acids is 1. The van der Waals surface area contributed by atoms with E-state index in [1.54, 1.807) is 18.2 Å². The summed E-state index contributed by atoms with van der Waals surface area (Å²) in [5.41, 5.74) is 3.34. The largest absolute Gasteiger partial charge is 0.490 e. The first-order chi connectivity index (χ1) is 21.2. The van der Waals surface area contributed by atoms with Crippen molar-refractivity contribution in [3.8, 4) is 16.9 Å². The van der Waals surface area contributed by atoms with Gasteiger partial charge in [-0.05, 0) is 94.2 Å². The van der Waals surface area contributed by atoms with Crippen molar-refractivity contribution in [2.24, 2.45) is 5.41 Å². The van der Waals surface area contributed by atoms with Gasteiger partial charge < -0.3 is 24.8 Å². The molecule has 9 heteroatoms. The number of aromatic nitrogens is 1. The molecule has 242 valence electrons. The van der Waals surface area contributed by atoms with E-state index in [1.807, 2.05) is 33.8 Å². The Labute approximate surface area is 265 Å². The Hall–Kier alpha value is -3.72. The number of halogens is 2. The summed E-state index contributed by atoms with van der Waals surface area (Å²) in [6.07, 6.45) is 3.10. The van der Waals surface area contributed by atoms with Crippen molar-refractivity contribution < 1.29 is 28.2 Å². The average Bonchev–Trinajstić information content (AvgIpc) is 3.77. The summed E-state index contributed by atoms with van der Waals surface area (Å²) in [6, 6.07) is 11.3. The normalized spacial score (nSPS) is 17.2. The fourth-order valence-electron chi connectivity index (χ4n) is 5.77. The number of pyridine rings is 1. The van der Waals surface area contributed by atoms with E-state index >= 15 is 4.39 Å². The Morgan fingerprint density at radius 1 is 1.11 bits per heavy atom. The third kappa shape index (κ3) is 8.12. The van der Waals surface area contributed by atoms with Gasteiger partial charge in [0.2, 0.25) is 0 Å². The lowest BCUT2D eigenvalue weighted by atomic mass is 9.82. The predicted octanol–water partition coefficient (Wildman–Crippen LogP) is 8.10. The van der Waals surface area contributed by atoms with Crippen molar-refractivity contribution in [1.82, 2.24) is 4.98 Å². The highest BCUT2D eigenvalue weighted by Gasteiger charge is 2.38. The van der Waals surface area contributed by atoms with E-state index in [1.165, 1.54) is 18.2 Å². The predicted molar refractivity (Wildman–Crippen MR) is 173 cm³/mol. The zero-order chi connectivity index (χ0) is 32.5. The van der Waals surface area contributed by atoms with Crippen molar-refractivity contribution in [2.45, 2.75) is 91.4 Å². The Bertz CT molecular complexity index is 1520. The van der Waals surface area contributed by atoms with Gasteiger partial charge >= 0.3 is 5.97 Å². The monoisotopic (exact) mass is 621 g/mol. The number of carboxylic acids is 1. The summed E-state index contributed by atoms with van der Waals surface area (Å²) in [5.74, 6) is -1.21. The van der Waals surface area contributed by atoms with E-state index < -0.39 is 23.5 Å². The number of anilines is 2. The molecule has 0 radical (unpaired) electrons. The second-order valence-corrected chi connectivity index (χ2v) is 14.1. The van der Waals surface area contributed by atoms with Crippen molar-refractivity contribution in [3.05, 3.63) is 70.9 Å². The highest BCUT2D eigenvalue weighted by atomic mass is 19.1. The molecule has 5 rings (SSSR count). The van der Waals surface area contributed by atoms with Gasteiger partial charge in [0.1, 0.15) is 11.6 Å². The third-order valence-corrected chi connectivity index (χ3v) is 8.49. The number of hydrogen-bond acceptors (Lipinski definition) is 6. The second-order valence-electron chi connectivity index (χ2n) is 14.1. The van der Waals surface area contributed by atoms with E-state index in [0.717, 1.165) is 36.9 Å². The molecular formula is C36H45F2N3O4. The van der Waals surface area contributed by atoms with Crippen LogP contribution in [0.2, 0.25) is 0 Å². The maximum atomic E-state index is 15.7. The number of benzene rings is 2. The Morgan fingerprint density at radius 3 is 2.36 bits per heavy atom. The molecule has 1 unspecified atom stereocenters. The summed E-state index contributed by atoms with van der Waals surface area (Å²) >= 11 is 0. The second kappa shape index (κ2) is 12.9. The van der Waals surface area contributed by atoms with E-state index in [9.17, 15) is 14.3 Å². The molecule has 0 bridgehead atoms. The lowest BCUT2D eigenvalue weighted by molar-refractivity contribution is -0.160. The van der Waals surface area contributed by atoms with E-state index in [2.05, 4.69) is 24.1 Å². The van der Waals surface area contributed by atoms with Gasteiger partial charge in [0.05, 0.1) is 17.9 Å². The van der Waals surface area contributed by atoms with Crippen LogP contribution in [0.25, 0.3) is 11.1 Å². The molecule has 2 aromatic carbocycles. The fourth-order valence-corrected chi connectivity index (χ4v) is 5.77. The van der Waals surface area contributed by atoms with Crippen LogP contribution in [-0.2, 0) is 16.0 Å². The molecular weight excluding hydrogens is 576 g/mol. The molecule has 1 aliphatic heterocycles. The summed E-state index contributed by atoms with van der Waals surface area (Å²) in [5, 5.41) is 14.0. The standard InChI is InChI=1S/C36H45F2N3O4/c1-22-29(32(34(42)43)45-35(2,3)4)31(41-18-16-36(5,6)17-19-41)30(33(39-22)40-26-12-13-26)24-9-14-28(27(38)21-24)44-20-15-23-7-10-25(37)11-8-23/h7-11,14,21,26,32H,12-13,15-20H2,1-6H3,(H,39,40)(H,42,43). The van der Waals surface area contributed by atoms with E-state index in [-0.39, 0.29) is 29.6 Å². The maximum absolute atomic E-state index is 15.7. The highest BCUT2D eigenvalue weighted by Crippen LogP contribution is 2.47. The topological polar surface area (TPSA) is 83.9 Å². The number of rotatable bonds is 11. The summed E-state index contributed by atoms with van der Waals surface area (Å²) < 4.78 is 41.0. The molecule has 2 fully saturated rings. The van der Waals surface area contributed by atoms with Crippen molar-refractivity contribution in [3.63, 3.8) is 0 Å². The van der Waals surface area contributed by atoms with Crippen LogP contribution in [-0.4, -0.2) is 47.4 Å². The first-order valence-electron chi connectivity index (χ1n) is 15.8. The van der Waals surface area contributed by atoms with E-state index in [0.29, 0.717) is 47.7 Å². The Balaban J connectivity index is 1.59. The van der Waals surface area contributed by atoms with Gasteiger partial charge in [0, 0.05) is 42.4 Å². The molecule has 1 saturated carbocycles. The number of carbonyl (C=O) groups is 1. The molecule has 0 amide bonds. The molecule has 1 atom stereocenters. The quantitative estimate of drug-likeness (QED) is 0.224. The number of nitrogens with zero attached hydrogens (tertiary/aromatic N) is 2. The van der Waals surface area contributed by atoms with Gasteiger partial charge in [-0.1, -0.05) is 32.0 Å². The smallest absolute Gasteiger partial charge is 0.337 e. The number of ether oxygens (including phenoxy) is 2. The molecule has 0 spiro atoms. The third-order valence-electron chi connectivity index (χ3n) is 8.49. The van der Waals surface area contributed by atoms with Crippen molar-refractivity contribution in [2.75, 3.05) is 29.9 Å². The van der Waals surface area contributed by atoms with Gasteiger partial charge in [-0.25, -0.2) is 18.6 Å². The van der Waals surface area contributed by atoms with Crippen LogP contribution in [0.4, 0.5) is 20.3 Å². The minimum absolute atomic E-state index is 0.110. The Morgan fingerprint density at radius 2 is 1.78 bits per heavy atom. The van der Waals surface area contributed by atoms with E-state index in [4.69, 9.17) is 14.5 Å². The van der Waals surface area contributed by atoms with Crippen LogP contribution in [0, 0.1) is 24.0 Å². The maximum Gasteiger partial charge on any atom is 0.337 e. The molecule has 7 nitrogen and oxygen atoms in total. The molecule has 45 heavy (non-hydrogen) atoms. The highest BCUT2D eigenvalue weighted by molar-refractivity contribution is 5.92. The molecule has 1 aromatic heterocycles. The lowest BCUT2D eigenvalue weighted by Gasteiger charge is -2.41. The number of piperidine rings is 1. The van der Waals surface area contributed by atoms with Gasteiger partial charge in [-0.15, -0.1) is 0 Å². The van der Waals surface area contributed by atoms with Crippen LogP contribution in [0.3, 0.4) is 0 Å². The van der Waals surface area contributed by atoms with Crippen LogP contribution in [0.5, 0.6) is 5.75 Å². The molecule has 1 saturated heterocycles. The first kappa shape index (κ1) is 32.7. The fraction of sp³-hybridized carbons (Fsp3) is 0.500. The van der Waals surface area contributed by atoms with Gasteiger partial charge in [-0.2, -0.15) is 0 Å². The number of nitrogens with one attached hydrogen (secondary N) is 1. The Kier molecular flexibility index (Phi) is 9.40. The van der Waals surface area contributed by atoms with Crippen LogP contribution in [0.15, 0.2) is 42.5 Å². The van der Waals surface area contributed by atoms with Gasteiger partial charge in [-0.3, -0.25) is 0 Å². The van der Waals surface area contributed by atoms with Crippen LogP contribution in [0.1, 0.15) is 83.2 Å². The molecule has 2 heterocycles. The molecule has 1 aliphatic carbocycles. The molecule has 2 N–H and O–H groups in total. The van der Waals surface area contributed by atoms with Gasteiger partial charge in [0.15, 0.2) is 17.7 Å². The lowest BCUT2D eigenvalue weighted by Crippen LogP contribution is -2.39. The van der Waals surface area contributed by atoms with Crippen molar-refractivity contribution in [1.29, 1.82) is 0 Å². The number of aryl methyl sites for hydroxylation is 1. The summed E-state index contributed by atoms with van der Waals surface area (Å²) in [6.45, 7) is 13.5. The van der Waals surface area contributed by atoms with Crippen LogP contribution >= 0.6 is 0 Å². The minimum Gasteiger partial charge on any atom is -0.490 e. The average molecular weight is 622 g/mol. The van der Waals surface area contributed by atoms with Crippen LogP contribution < -0.4 is 15.0 Å².